The Balaban J connectivity index is 1.65. The summed E-state index contributed by atoms with van der Waals surface area (Å²) >= 11 is 0. The third-order valence-corrected chi connectivity index (χ3v) is 6.11. The molecule has 1 nitrogen and oxygen atoms in total. The molecule has 2 aromatic rings. The number of ketones is 1. The molecule has 1 heteroatoms. The molecule has 1 atom stereocenters. The normalized spacial score (nSPS) is 20.7. The average Bonchev–Trinajstić information content (AvgIpc) is 2.91. The molecule has 1 unspecified atom stereocenters. The van der Waals surface area contributed by atoms with E-state index in [0.717, 1.165) is 29.9 Å². The number of benzene rings is 2. The predicted octanol–water partition coefficient (Wildman–Crippen LogP) is 6.30. The zero-order chi connectivity index (χ0) is 17.4. The van der Waals surface area contributed by atoms with Gasteiger partial charge in [0.2, 0.25) is 0 Å². The molecule has 1 saturated carbocycles. The van der Waals surface area contributed by atoms with Gasteiger partial charge in [-0.3, -0.25) is 4.79 Å². The average molecular weight is 332 g/mol. The van der Waals surface area contributed by atoms with Crippen LogP contribution >= 0.6 is 0 Å². The highest BCUT2D eigenvalue weighted by molar-refractivity contribution is 6.07. The predicted molar refractivity (Wildman–Crippen MR) is 104 cm³/mol. The summed E-state index contributed by atoms with van der Waals surface area (Å²) in [6.07, 6.45) is 8.78. The van der Waals surface area contributed by atoms with Crippen LogP contribution in [0.2, 0.25) is 0 Å². The van der Waals surface area contributed by atoms with E-state index < -0.39 is 0 Å². The van der Waals surface area contributed by atoms with Gasteiger partial charge < -0.3 is 0 Å². The lowest BCUT2D eigenvalue weighted by atomic mass is 9.81. The standard InChI is InChI=1S/C24H28O/c1-16-11-17(2)13-20(12-16)22-10-6-9-19-15-21(24(25)23(19)22)14-18-7-4-3-5-8-18/h6,9-13,18,21H,3-5,7-8,14-15H2,1-2H3. The van der Waals surface area contributed by atoms with Crippen LogP contribution in [0.5, 0.6) is 0 Å². The summed E-state index contributed by atoms with van der Waals surface area (Å²) in [4.78, 5) is 13.2. The molecule has 0 radical (unpaired) electrons. The largest absolute Gasteiger partial charge is 0.294 e. The maximum absolute atomic E-state index is 13.2. The SMILES string of the molecule is Cc1cc(C)cc(-c2cccc3c2C(=O)C(CC2CCCCC2)C3)c1. The van der Waals surface area contributed by atoms with Crippen molar-refractivity contribution < 1.29 is 4.79 Å². The van der Waals surface area contributed by atoms with Crippen molar-refractivity contribution in [1.29, 1.82) is 0 Å². The van der Waals surface area contributed by atoms with Gasteiger partial charge in [0, 0.05) is 11.5 Å². The van der Waals surface area contributed by atoms with Crippen molar-refractivity contribution >= 4 is 5.78 Å². The van der Waals surface area contributed by atoms with E-state index in [4.69, 9.17) is 0 Å². The molecule has 0 bridgehead atoms. The summed E-state index contributed by atoms with van der Waals surface area (Å²) in [6.45, 7) is 4.26. The zero-order valence-electron chi connectivity index (χ0n) is 15.5. The van der Waals surface area contributed by atoms with Crippen molar-refractivity contribution in [2.45, 2.75) is 58.8 Å². The zero-order valence-corrected chi connectivity index (χ0v) is 15.5. The molecule has 0 spiro atoms. The minimum Gasteiger partial charge on any atom is -0.294 e. The van der Waals surface area contributed by atoms with Gasteiger partial charge in [-0.1, -0.05) is 79.6 Å². The van der Waals surface area contributed by atoms with E-state index in [1.807, 2.05) is 0 Å². The fraction of sp³-hybridized carbons (Fsp3) is 0.458. The quantitative estimate of drug-likeness (QED) is 0.645. The first-order valence-electron chi connectivity index (χ1n) is 9.86. The molecule has 2 aromatic carbocycles. The van der Waals surface area contributed by atoms with E-state index in [0.29, 0.717) is 5.78 Å². The summed E-state index contributed by atoms with van der Waals surface area (Å²) in [6, 6.07) is 13.0. The number of Topliss-reactive ketones (excluding diaryl/α,β-unsaturated/α-hetero) is 1. The lowest BCUT2D eigenvalue weighted by molar-refractivity contribution is 0.0912. The van der Waals surface area contributed by atoms with Crippen molar-refractivity contribution in [1.82, 2.24) is 0 Å². The van der Waals surface area contributed by atoms with E-state index in [-0.39, 0.29) is 5.92 Å². The van der Waals surface area contributed by atoms with Crippen LogP contribution < -0.4 is 0 Å². The fourth-order valence-electron chi connectivity index (χ4n) is 5.01. The molecule has 25 heavy (non-hydrogen) atoms. The first-order chi connectivity index (χ1) is 12.1. The summed E-state index contributed by atoms with van der Waals surface area (Å²) in [5.74, 6) is 1.38. The van der Waals surface area contributed by atoms with Crippen molar-refractivity contribution in [3.8, 4) is 11.1 Å². The van der Waals surface area contributed by atoms with Crippen LogP contribution in [0.25, 0.3) is 11.1 Å². The molecule has 130 valence electrons. The highest BCUT2D eigenvalue weighted by Crippen LogP contribution is 2.39. The molecule has 2 aliphatic carbocycles. The number of rotatable bonds is 3. The van der Waals surface area contributed by atoms with Crippen molar-refractivity contribution in [3.63, 3.8) is 0 Å². The number of carbonyl (C=O) groups excluding carboxylic acids is 1. The van der Waals surface area contributed by atoms with E-state index in [9.17, 15) is 4.79 Å². The molecular formula is C24H28O. The Morgan fingerprint density at radius 2 is 1.68 bits per heavy atom. The second kappa shape index (κ2) is 6.78. The fourth-order valence-corrected chi connectivity index (χ4v) is 5.01. The van der Waals surface area contributed by atoms with E-state index in [2.05, 4.69) is 50.2 Å². The Bertz CT molecular complexity index is 775. The molecule has 0 heterocycles. The van der Waals surface area contributed by atoms with Crippen LogP contribution in [0.15, 0.2) is 36.4 Å². The Kier molecular flexibility index (Phi) is 4.50. The van der Waals surface area contributed by atoms with Gasteiger partial charge in [0.15, 0.2) is 5.78 Å². The molecule has 1 fully saturated rings. The maximum Gasteiger partial charge on any atom is 0.167 e. The molecule has 0 N–H and O–H groups in total. The Labute approximate surface area is 151 Å². The third-order valence-electron chi connectivity index (χ3n) is 6.11. The van der Waals surface area contributed by atoms with Crippen LogP contribution in [-0.4, -0.2) is 5.78 Å². The number of aryl methyl sites for hydroxylation is 2. The second-order valence-electron chi connectivity index (χ2n) is 8.22. The highest BCUT2D eigenvalue weighted by atomic mass is 16.1. The lowest BCUT2D eigenvalue weighted by Crippen LogP contribution is -2.17. The van der Waals surface area contributed by atoms with Gasteiger partial charge in [-0.2, -0.15) is 0 Å². The maximum atomic E-state index is 13.2. The van der Waals surface area contributed by atoms with Gasteiger partial charge in [0.25, 0.3) is 0 Å². The number of carbonyl (C=O) groups is 1. The minimum atomic E-state index is 0.213. The van der Waals surface area contributed by atoms with Crippen LogP contribution in [-0.2, 0) is 6.42 Å². The molecule has 0 aliphatic heterocycles. The highest BCUT2D eigenvalue weighted by Gasteiger charge is 2.34. The van der Waals surface area contributed by atoms with E-state index in [1.54, 1.807) is 0 Å². The molecular weight excluding hydrogens is 304 g/mol. The molecule has 2 aliphatic rings. The van der Waals surface area contributed by atoms with Gasteiger partial charge >= 0.3 is 0 Å². The summed E-state index contributed by atoms with van der Waals surface area (Å²) in [7, 11) is 0. The number of hydrogen-bond acceptors (Lipinski definition) is 1. The Morgan fingerprint density at radius 1 is 0.960 bits per heavy atom. The van der Waals surface area contributed by atoms with Gasteiger partial charge in [-0.05, 0) is 49.3 Å². The molecule has 4 rings (SSSR count). The van der Waals surface area contributed by atoms with Gasteiger partial charge in [0.05, 0.1) is 0 Å². The first kappa shape index (κ1) is 16.6. The van der Waals surface area contributed by atoms with Crippen LogP contribution in [0, 0.1) is 25.7 Å². The second-order valence-corrected chi connectivity index (χ2v) is 8.22. The van der Waals surface area contributed by atoms with Crippen LogP contribution in [0.1, 0.15) is 65.6 Å². The molecule has 0 saturated heterocycles. The van der Waals surface area contributed by atoms with Gasteiger partial charge in [-0.15, -0.1) is 0 Å². The van der Waals surface area contributed by atoms with E-state index in [1.165, 1.54) is 54.4 Å². The molecule has 0 aromatic heterocycles. The van der Waals surface area contributed by atoms with Crippen LogP contribution in [0.4, 0.5) is 0 Å². The van der Waals surface area contributed by atoms with Crippen LogP contribution in [0.3, 0.4) is 0 Å². The third kappa shape index (κ3) is 3.29. The number of fused-ring (bicyclic) bond motifs is 1. The lowest BCUT2D eigenvalue weighted by Gasteiger charge is -2.23. The number of hydrogen-bond donors (Lipinski definition) is 0. The Morgan fingerprint density at radius 3 is 2.40 bits per heavy atom. The monoisotopic (exact) mass is 332 g/mol. The summed E-state index contributed by atoms with van der Waals surface area (Å²) < 4.78 is 0. The summed E-state index contributed by atoms with van der Waals surface area (Å²) in [5, 5.41) is 0. The van der Waals surface area contributed by atoms with Gasteiger partial charge in [0.1, 0.15) is 0 Å². The molecule has 0 amide bonds. The smallest absolute Gasteiger partial charge is 0.167 e. The van der Waals surface area contributed by atoms with Gasteiger partial charge in [-0.25, -0.2) is 0 Å². The minimum absolute atomic E-state index is 0.213. The first-order valence-corrected chi connectivity index (χ1v) is 9.86. The van der Waals surface area contributed by atoms with Crippen molar-refractivity contribution in [2.24, 2.45) is 11.8 Å². The van der Waals surface area contributed by atoms with Crippen molar-refractivity contribution in [2.75, 3.05) is 0 Å². The van der Waals surface area contributed by atoms with Crippen molar-refractivity contribution in [3.05, 3.63) is 58.7 Å². The Hall–Kier alpha value is -1.89. The van der Waals surface area contributed by atoms with E-state index >= 15 is 0 Å². The summed E-state index contributed by atoms with van der Waals surface area (Å²) in [5.41, 5.74) is 7.13. The topological polar surface area (TPSA) is 17.1 Å².